The van der Waals surface area contributed by atoms with Crippen LogP contribution in [-0.4, -0.2) is 27.4 Å². The van der Waals surface area contributed by atoms with Gasteiger partial charge in [-0.1, -0.05) is 0 Å². The summed E-state index contributed by atoms with van der Waals surface area (Å²) in [5, 5.41) is 0.768. The third kappa shape index (κ3) is 3.56. The highest BCUT2D eigenvalue weighted by molar-refractivity contribution is 7.18. The lowest BCUT2D eigenvalue weighted by molar-refractivity contribution is -0.130. The monoisotopic (exact) mass is 385 g/mol. The summed E-state index contributed by atoms with van der Waals surface area (Å²) in [7, 11) is 1.75. The molecule has 0 saturated heterocycles. The van der Waals surface area contributed by atoms with E-state index >= 15 is 0 Å². The van der Waals surface area contributed by atoms with Crippen molar-refractivity contribution < 1.29 is 9.21 Å². The second kappa shape index (κ2) is 7.31. The standard InChI is InChI=1S/C20H23N3O3S/c1-13-7-8-14(26-13)11-22(2)17(24)9-10-23-12-21-19-18(20(23)25)15-5-3-4-6-16(15)27-19/h7-8,12H,3-6,9-11H2,1-2H3. The minimum absolute atomic E-state index is 0.0171. The highest BCUT2D eigenvalue weighted by Crippen LogP contribution is 2.33. The summed E-state index contributed by atoms with van der Waals surface area (Å²) in [6.07, 6.45) is 6.16. The zero-order valence-corrected chi connectivity index (χ0v) is 16.5. The summed E-state index contributed by atoms with van der Waals surface area (Å²) >= 11 is 1.65. The Hall–Kier alpha value is -2.41. The number of rotatable bonds is 5. The molecule has 0 aliphatic heterocycles. The number of furan rings is 1. The van der Waals surface area contributed by atoms with E-state index in [2.05, 4.69) is 4.98 Å². The maximum absolute atomic E-state index is 12.9. The molecule has 3 aromatic rings. The van der Waals surface area contributed by atoms with Crippen LogP contribution in [0, 0.1) is 6.92 Å². The van der Waals surface area contributed by atoms with E-state index in [1.54, 1.807) is 34.2 Å². The van der Waals surface area contributed by atoms with Gasteiger partial charge in [0.2, 0.25) is 5.91 Å². The molecule has 0 aromatic carbocycles. The third-order valence-corrected chi connectivity index (χ3v) is 6.32. The molecular weight excluding hydrogens is 362 g/mol. The number of fused-ring (bicyclic) bond motifs is 3. The molecule has 0 atom stereocenters. The quantitative estimate of drug-likeness (QED) is 0.676. The summed E-state index contributed by atoms with van der Waals surface area (Å²) in [5.74, 6) is 1.56. The predicted molar refractivity (Wildman–Crippen MR) is 105 cm³/mol. The molecule has 7 heteroatoms. The normalized spacial score (nSPS) is 13.7. The van der Waals surface area contributed by atoms with E-state index in [0.717, 1.165) is 41.0 Å². The largest absolute Gasteiger partial charge is 0.464 e. The van der Waals surface area contributed by atoms with Crippen molar-refractivity contribution in [3.05, 3.63) is 50.8 Å². The molecule has 0 spiro atoms. The summed E-state index contributed by atoms with van der Waals surface area (Å²) in [6.45, 7) is 2.65. The number of carbonyl (C=O) groups is 1. The molecule has 1 aliphatic rings. The average molecular weight is 385 g/mol. The van der Waals surface area contributed by atoms with Gasteiger partial charge in [-0.2, -0.15) is 0 Å². The van der Waals surface area contributed by atoms with Crippen LogP contribution < -0.4 is 5.56 Å². The highest BCUT2D eigenvalue weighted by atomic mass is 32.1. The van der Waals surface area contributed by atoms with Crippen molar-refractivity contribution in [3.63, 3.8) is 0 Å². The Labute approximate surface area is 161 Å². The van der Waals surface area contributed by atoms with Crippen LogP contribution in [0.15, 0.2) is 27.7 Å². The van der Waals surface area contributed by atoms with E-state index in [4.69, 9.17) is 4.42 Å². The van der Waals surface area contributed by atoms with Crippen molar-refractivity contribution in [2.45, 2.75) is 52.1 Å². The number of thiophene rings is 1. The zero-order valence-electron chi connectivity index (χ0n) is 15.7. The smallest absolute Gasteiger partial charge is 0.262 e. The Morgan fingerprint density at radius 3 is 2.93 bits per heavy atom. The molecule has 0 radical (unpaired) electrons. The SMILES string of the molecule is Cc1ccc(CN(C)C(=O)CCn2cnc3sc4c(c3c2=O)CCCC4)o1. The van der Waals surface area contributed by atoms with Crippen LogP contribution in [0.5, 0.6) is 0 Å². The number of hydrogen-bond acceptors (Lipinski definition) is 5. The van der Waals surface area contributed by atoms with E-state index in [-0.39, 0.29) is 17.9 Å². The van der Waals surface area contributed by atoms with Gasteiger partial charge in [0.15, 0.2) is 0 Å². The van der Waals surface area contributed by atoms with Crippen LogP contribution in [0.3, 0.4) is 0 Å². The van der Waals surface area contributed by atoms with Crippen LogP contribution in [0.25, 0.3) is 10.2 Å². The summed E-state index contributed by atoms with van der Waals surface area (Å²) in [6, 6.07) is 3.76. The minimum atomic E-state index is -0.0246. The number of amides is 1. The van der Waals surface area contributed by atoms with Gasteiger partial charge in [0, 0.05) is 24.9 Å². The minimum Gasteiger partial charge on any atom is -0.464 e. The van der Waals surface area contributed by atoms with Crippen LogP contribution in [0.1, 0.15) is 41.2 Å². The van der Waals surface area contributed by atoms with Crippen LogP contribution >= 0.6 is 11.3 Å². The molecule has 1 aliphatic carbocycles. The Kier molecular flexibility index (Phi) is 4.86. The van der Waals surface area contributed by atoms with Gasteiger partial charge in [-0.3, -0.25) is 14.2 Å². The maximum Gasteiger partial charge on any atom is 0.262 e. The molecule has 6 nitrogen and oxygen atoms in total. The van der Waals surface area contributed by atoms with Crippen LogP contribution in [0.2, 0.25) is 0 Å². The summed E-state index contributed by atoms with van der Waals surface area (Å²) in [5.41, 5.74) is 1.17. The van der Waals surface area contributed by atoms with Crippen LogP contribution in [0.4, 0.5) is 0 Å². The van der Waals surface area contributed by atoms with E-state index in [1.165, 1.54) is 16.9 Å². The fourth-order valence-corrected chi connectivity index (χ4v) is 4.86. The topological polar surface area (TPSA) is 68.3 Å². The Morgan fingerprint density at radius 1 is 1.33 bits per heavy atom. The van der Waals surface area contributed by atoms with E-state index in [1.807, 2.05) is 19.1 Å². The van der Waals surface area contributed by atoms with Crippen molar-refractivity contribution in [3.8, 4) is 0 Å². The maximum atomic E-state index is 12.9. The molecule has 3 aromatic heterocycles. The molecule has 0 bridgehead atoms. The Balaban J connectivity index is 1.47. The van der Waals surface area contributed by atoms with Gasteiger partial charge >= 0.3 is 0 Å². The van der Waals surface area contributed by atoms with Crippen molar-refractivity contribution in [2.75, 3.05) is 7.05 Å². The average Bonchev–Trinajstić information content (AvgIpc) is 3.24. The lowest BCUT2D eigenvalue weighted by atomic mass is 9.97. The number of nitrogens with zero attached hydrogens (tertiary/aromatic N) is 3. The number of aromatic nitrogens is 2. The van der Waals surface area contributed by atoms with Gasteiger partial charge in [0.25, 0.3) is 5.56 Å². The van der Waals surface area contributed by atoms with Gasteiger partial charge in [0.1, 0.15) is 16.4 Å². The lowest BCUT2D eigenvalue weighted by Gasteiger charge is -2.16. The molecule has 0 saturated carbocycles. The van der Waals surface area contributed by atoms with Gasteiger partial charge < -0.3 is 9.32 Å². The predicted octanol–water partition coefficient (Wildman–Crippen LogP) is 3.29. The molecule has 3 heterocycles. The molecule has 142 valence electrons. The molecular formula is C20H23N3O3S. The second-order valence-electron chi connectivity index (χ2n) is 7.15. The van der Waals surface area contributed by atoms with Gasteiger partial charge in [-0.05, 0) is 50.3 Å². The first-order chi connectivity index (χ1) is 13.0. The third-order valence-electron chi connectivity index (χ3n) is 5.12. The number of aryl methyl sites for hydroxylation is 4. The highest BCUT2D eigenvalue weighted by Gasteiger charge is 2.20. The van der Waals surface area contributed by atoms with Crippen molar-refractivity contribution >= 4 is 27.5 Å². The lowest BCUT2D eigenvalue weighted by Crippen LogP contribution is -2.29. The van der Waals surface area contributed by atoms with Crippen molar-refractivity contribution in [1.82, 2.24) is 14.5 Å². The molecule has 0 fully saturated rings. The Morgan fingerprint density at radius 2 is 2.15 bits per heavy atom. The number of carbonyl (C=O) groups excluding carboxylic acids is 1. The molecule has 27 heavy (non-hydrogen) atoms. The van der Waals surface area contributed by atoms with Gasteiger partial charge in [-0.15, -0.1) is 11.3 Å². The molecule has 4 rings (SSSR count). The summed E-state index contributed by atoms with van der Waals surface area (Å²) in [4.78, 5) is 33.6. The second-order valence-corrected chi connectivity index (χ2v) is 8.23. The zero-order chi connectivity index (χ0) is 19.0. The molecule has 0 N–H and O–H groups in total. The van der Waals surface area contributed by atoms with Gasteiger partial charge in [0.05, 0.1) is 18.3 Å². The van der Waals surface area contributed by atoms with Crippen molar-refractivity contribution in [2.24, 2.45) is 0 Å². The van der Waals surface area contributed by atoms with E-state index in [0.29, 0.717) is 13.1 Å². The molecule has 1 amide bonds. The first-order valence-electron chi connectivity index (χ1n) is 9.32. The summed E-state index contributed by atoms with van der Waals surface area (Å²) < 4.78 is 7.10. The fourth-order valence-electron chi connectivity index (χ4n) is 3.64. The van der Waals surface area contributed by atoms with Crippen molar-refractivity contribution in [1.29, 1.82) is 0 Å². The Bertz CT molecular complexity index is 1050. The first kappa shape index (κ1) is 18.0. The van der Waals surface area contributed by atoms with Gasteiger partial charge in [-0.25, -0.2) is 4.98 Å². The van der Waals surface area contributed by atoms with Crippen LogP contribution in [-0.2, 0) is 30.7 Å². The number of hydrogen-bond donors (Lipinski definition) is 0. The fraction of sp³-hybridized carbons (Fsp3) is 0.450. The van der Waals surface area contributed by atoms with E-state index in [9.17, 15) is 9.59 Å². The van der Waals surface area contributed by atoms with E-state index < -0.39 is 0 Å². The first-order valence-corrected chi connectivity index (χ1v) is 10.1. The molecule has 0 unspecified atom stereocenters.